The van der Waals surface area contributed by atoms with Crippen LogP contribution in [0.3, 0.4) is 0 Å². The molecule has 18 heavy (non-hydrogen) atoms. The number of pyridine rings is 1. The Balaban J connectivity index is 2.78. The van der Waals surface area contributed by atoms with Gasteiger partial charge >= 0.3 is 0 Å². The van der Waals surface area contributed by atoms with Gasteiger partial charge in [-0.1, -0.05) is 13.8 Å². The van der Waals surface area contributed by atoms with E-state index in [1.54, 1.807) is 13.0 Å². The van der Waals surface area contributed by atoms with Crippen molar-refractivity contribution in [3.05, 3.63) is 27.9 Å². The van der Waals surface area contributed by atoms with Gasteiger partial charge in [-0.2, -0.15) is 0 Å². The number of aryl methyl sites for hydroxylation is 1. The van der Waals surface area contributed by atoms with Crippen molar-refractivity contribution in [2.75, 3.05) is 11.9 Å². The van der Waals surface area contributed by atoms with Crippen LogP contribution in [0, 0.1) is 23.0 Å². The summed E-state index contributed by atoms with van der Waals surface area (Å²) in [5, 5.41) is 23.0. The molecule has 1 aromatic heterocycles. The van der Waals surface area contributed by atoms with Gasteiger partial charge < -0.3 is 10.4 Å². The van der Waals surface area contributed by atoms with Crippen molar-refractivity contribution in [2.45, 2.75) is 33.2 Å². The van der Waals surface area contributed by atoms with Crippen LogP contribution in [-0.4, -0.2) is 27.7 Å². The Kier molecular flexibility index (Phi) is 5.03. The number of anilines is 1. The molecule has 1 aromatic rings. The number of hydrogen-bond donors (Lipinski definition) is 2. The zero-order chi connectivity index (χ0) is 13.7. The fourth-order valence-corrected chi connectivity index (χ4v) is 1.78. The molecule has 1 atom stereocenters. The molecular formula is C12H19N3O3. The van der Waals surface area contributed by atoms with E-state index in [9.17, 15) is 15.2 Å². The standard InChI is InChI=1S/C12H19N3O3/c1-8(2)6-10(7-16)14-12-5-4-11(15(17)18)9(3)13-12/h4-5,8,10,16H,6-7H2,1-3H3,(H,13,14)/t10-/m1/s1. The average Bonchev–Trinajstić information content (AvgIpc) is 2.27. The molecule has 1 rings (SSSR count). The Bertz CT molecular complexity index is 421. The zero-order valence-electron chi connectivity index (χ0n) is 10.9. The first-order chi connectivity index (χ1) is 8.43. The number of aliphatic hydroxyl groups excluding tert-OH is 1. The summed E-state index contributed by atoms with van der Waals surface area (Å²) in [4.78, 5) is 14.3. The van der Waals surface area contributed by atoms with Crippen LogP contribution in [0.2, 0.25) is 0 Å². The van der Waals surface area contributed by atoms with Gasteiger partial charge in [0.2, 0.25) is 0 Å². The smallest absolute Gasteiger partial charge is 0.290 e. The molecule has 0 saturated heterocycles. The summed E-state index contributed by atoms with van der Waals surface area (Å²) in [5.41, 5.74) is 0.371. The molecule has 0 aromatic carbocycles. The molecule has 100 valence electrons. The lowest BCUT2D eigenvalue weighted by Crippen LogP contribution is -2.26. The van der Waals surface area contributed by atoms with Gasteiger partial charge in [0.15, 0.2) is 0 Å². The van der Waals surface area contributed by atoms with Gasteiger partial charge in [0, 0.05) is 6.07 Å². The highest BCUT2D eigenvalue weighted by Crippen LogP contribution is 2.19. The minimum Gasteiger partial charge on any atom is -0.394 e. The maximum absolute atomic E-state index is 10.7. The lowest BCUT2D eigenvalue weighted by Gasteiger charge is -2.18. The highest BCUT2D eigenvalue weighted by molar-refractivity contribution is 5.45. The minimum atomic E-state index is -0.455. The number of rotatable bonds is 6. The van der Waals surface area contributed by atoms with Crippen LogP contribution in [-0.2, 0) is 0 Å². The second kappa shape index (κ2) is 6.30. The summed E-state index contributed by atoms with van der Waals surface area (Å²) in [6, 6.07) is 2.90. The molecule has 1 heterocycles. The molecule has 0 unspecified atom stereocenters. The quantitative estimate of drug-likeness (QED) is 0.598. The predicted octanol–water partition coefficient (Wildman–Crippen LogP) is 2.12. The van der Waals surface area contributed by atoms with Gasteiger partial charge in [0.1, 0.15) is 11.5 Å². The summed E-state index contributed by atoms with van der Waals surface area (Å²) >= 11 is 0. The Labute approximate surface area is 106 Å². The summed E-state index contributed by atoms with van der Waals surface area (Å²) in [6.07, 6.45) is 0.814. The van der Waals surface area contributed by atoms with E-state index >= 15 is 0 Å². The summed E-state index contributed by atoms with van der Waals surface area (Å²) < 4.78 is 0. The van der Waals surface area contributed by atoms with E-state index in [0.717, 1.165) is 6.42 Å². The van der Waals surface area contributed by atoms with E-state index in [1.807, 2.05) is 0 Å². The molecule has 0 aliphatic carbocycles. The first-order valence-corrected chi connectivity index (χ1v) is 5.93. The predicted molar refractivity (Wildman–Crippen MR) is 69.6 cm³/mol. The van der Waals surface area contributed by atoms with E-state index < -0.39 is 4.92 Å². The van der Waals surface area contributed by atoms with Crippen molar-refractivity contribution < 1.29 is 10.0 Å². The van der Waals surface area contributed by atoms with Gasteiger partial charge in [-0.3, -0.25) is 10.1 Å². The fraction of sp³-hybridized carbons (Fsp3) is 0.583. The van der Waals surface area contributed by atoms with Crippen LogP contribution < -0.4 is 5.32 Å². The molecule has 0 saturated carbocycles. The number of nitrogens with one attached hydrogen (secondary N) is 1. The van der Waals surface area contributed by atoms with E-state index in [-0.39, 0.29) is 18.3 Å². The normalized spacial score (nSPS) is 12.5. The van der Waals surface area contributed by atoms with Crippen LogP contribution in [0.5, 0.6) is 0 Å². The number of nitro groups is 1. The van der Waals surface area contributed by atoms with Crippen molar-refractivity contribution in [2.24, 2.45) is 5.92 Å². The summed E-state index contributed by atoms with van der Waals surface area (Å²) in [7, 11) is 0. The maximum Gasteiger partial charge on any atom is 0.290 e. The highest BCUT2D eigenvalue weighted by Gasteiger charge is 2.14. The Hall–Kier alpha value is -1.69. The topological polar surface area (TPSA) is 88.3 Å². The van der Waals surface area contributed by atoms with Crippen LogP contribution in [0.1, 0.15) is 26.0 Å². The van der Waals surface area contributed by atoms with Gasteiger partial charge in [-0.25, -0.2) is 4.98 Å². The average molecular weight is 253 g/mol. The largest absolute Gasteiger partial charge is 0.394 e. The van der Waals surface area contributed by atoms with E-state index in [0.29, 0.717) is 17.4 Å². The van der Waals surface area contributed by atoms with Gasteiger partial charge in [0.05, 0.1) is 17.6 Å². The molecule has 0 fully saturated rings. The van der Waals surface area contributed by atoms with Gasteiger partial charge in [0.25, 0.3) is 5.69 Å². The van der Waals surface area contributed by atoms with Gasteiger partial charge in [-0.15, -0.1) is 0 Å². The maximum atomic E-state index is 10.7. The molecule has 6 heteroatoms. The first-order valence-electron chi connectivity index (χ1n) is 5.93. The Morgan fingerprint density at radius 1 is 1.50 bits per heavy atom. The van der Waals surface area contributed by atoms with Gasteiger partial charge in [-0.05, 0) is 25.3 Å². The third-order valence-corrected chi connectivity index (χ3v) is 2.58. The lowest BCUT2D eigenvalue weighted by molar-refractivity contribution is -0.385. The third-order valence-electron chi connectivity index (χ3n) is 2.58. The molecule has 0 spiro atoms. The van der Waals surface area contributed by atoms with Crippen LogP contribution in [0.15, 0.2) is 12.1 Å². The molecule has 6 nitrogen and oxygen atoms in total. The molecular weight excluding hydrogens is 234 g/mol. The number of aromatic nitrogens is 1. The van der Waals surface area contributed by atoms with Crippen molar-refractivity contribution in [3.63, 3.8) is 0 Å². The van der Waals surface area contributed by atoms with Crippen molar-refractivity contribution >= 4 is 11.5 Å². The number of nitrogens with zero attached hydrogens (tertiary/aromatic N) is 2. The summed E-state index contributed by atoms with van der Waals surface area (Å²) in [6.45, 7) is 5.74. The molecule has 0 aliphatic heterocycles. The number of aliphatic hydroxyl groups is 1. The second-order valence-corrected chi connectivity index (χ2v) is 4.71. The summed E-state index contributed by atoms with van der Waals surface area (Å²) in [5.74, 6) is 1.01. The van der Waals surface area contributed by atoms with Crippen LogP contribution >= 0.6 is 0 Å². The van der Waals surface area contributed by atoms with E-state index in [1.165, 1.54) is 6.07 Å². The molecule has 0 amide bonds. The first kappa shape index (κ1) is 14.4. The molecule has 0 bridgehead atoms. The third kappa shape index (κ3) is 3.96. The monoisotopic (exact) mass is 253 g/mol. The fourth-order valence-electron chi connectivity index (χ4n) is 1.78. The van der Waals surface area contributed by atoms with Crippen molar-refractivity contribution in [1.82, 2.24) is 4.98 Å². The van der Waals surface area contributed by atoms with Crippen LogP contribution in [0.25, 0.3) is 0 Å². The van der Waals surface area contributed by atoms with Crippen molar-refractivity contribution in [1.29, 1.82) is 0 Å². The van der Waals surface area contributed by atoms with E-state index in [4.69, 9.17) is 0 Å². The molecule has 0 radical (unpaired) electrons. The molecule has 0 aliphatic rings. The Morgan fingerprint density at radius 2 is 2.17 bits per heavy atom. The molecule has 2 N–H and O–H groups in total. The lowest BCUT2D eigenvalue weighted by atomic mass is 10.0. The van der Waals surface area contributed by atoms with Crippen LogP contribution in [0.4, 0.5) is 11.5 Å². The zero-order valence-corrected chi connectivity index (χ0v) is 10.9. The van der Waals surface area contributed by atoms with E-state index in [2.05, 4.69) is 24.1 Å². The van der Waals surface area contributed by atoms with Crippen molar-refractivity contribution in [3.8, 4) is 0 Å². The Morgan fingerprint density at radius 3 is 2.61 bits per heavy atom. The minimum absolute atomic E-state index is 0.00459. The number of hydrogen-bond acceptors (Lipinski definition) is 5. The SMILES string of the molecule is Cc1nc(N[C@@H](CO)CC(C)C)ccc1[N+](=O)[O-]. The highest BCUT2D eigenvalue weighted by atomic mass is 16.6. The second-order valence-electron chi connectivity index (χ2n) is 4.71.